The molecule has 1 heterocycles. The molecule has 2 aromatic rings. The van der Waals surface area contributed by atoms with Crippen LogP contribution in [0.2, 0.25) is 5.02 Å². The van der Waals surface area contributed by atoms with Gasteiger partial charge in [0.1, 0.15) is 11.5 Å². The first-order chi connectivity index (χ1) is 9.02. The lowest BCUT2D eigenvalue weighted by Gasteiger charge is -2.18. The molecule has 2 rings (SSSR count). The summed E-state index contributed by atoms with van der Waals surface area (Å²) in [5.41, 5.74) is 2.34. The van der Waals surface area contributed by atoms with Crippen molar-refractivity contribution in [1.29, 1.82) is 0 Å². The van der Waals surface area contributed by atoms with Crippen molar-refractivity contribution in [1.82, 2.24) is 5.32 Å². The van der Waals surface area contributed by atoms with Crippen molar-refractivity contribution in [2.75, 3.05) is 6.54 Å². The number of hydrogen-bond acceptors (Lipinski definition) is 2. The summed E-state index contributed by atoms with van der Waals surface area (Å²) in [7, 11) is 0. The van der Waals surface area contributed by atoms with Gasteiger partial charge in [-0.25, -0.2) is 0 Å². The van der Waals surface area contributed by atoms with Crippen LogP contribution in [0.25, 0.3) is 0 Å². The third kappa shape index (κ3) is 3.33. The molecule has 2 nitrogen and oxygen atoms in total. The molecule has 0 fully saturated rings. The zero-order valence-corrected chi connectivity index (χ0v) is 14.2. The second-order valence-electron chi connectivity index (χ2n) is 4.53. The molecule has 0 saturated heterocycles. The van der Waals surface area contributed by atoms with Crippen molar-refractivity contribution >= 4 is 34.2 Å². The van der Waals surface area contributed by atoms with Crippen LogP contribution in [0.4, 0.5) is 0 Å². The van der Waals surface area contributed by atoms with Gasteiger partial charge >= 0.3 is 0 Å². The van der Waals surface area contributed by atoms with Crippen molar-refractivity contribution < 1.29 is 4.42 Å². The number of benzene rings is 1. The molecule has 1 atom stereocenters. The summed E-state index contributed by atoms with van der Waals surface area (Å²) in [4.78, 5) is 0. The molecule has 0 saturated carbocycles. The fourth-order valence-electron chi connectivity index (χ4n) is 2.24. The van der Waals surface area contributed by atoms with Gasteiger partial charge in [-0.3, -0.25) is 0 Å². The van der Waals surface area contributed by atoms with E-state index in [4.69, 9.17) is 16.0 Å². The fourth-order valence-corrected chi connectivity index (χ4v) is 2.76. The van der Waals surface area contributed by atoms with Crippen LogP contribution in [0.15, 0.2) is 28.7 Å². The molecule has 0 bridgehead atoms. The molecular weight excluding hydrogens is 373 g/mol. The number of rotatable bonds is 4. The van der Waals surface area contributed by atoms with E-state index in [1.807, 2.05) is 26.0 Å². The van der Waals surface area contributed by atoms with Gasteiger partial charge < -0.3 is 9.73 Å². The summed E-state index contributed by atoms with van der Waals surface area (Å²) in [6.07, 6.45) is 0. The van der Waals surface area contributed by atoms with E-state index in [9.17, 15) is 0 Å². The SMILES string of the molecule is CCNC(c1ccc(I)c(Cl)c1)c1cc(C)oc1C. The van der Waals surface area contributed by atoms with Crippen LogP contribution in [0.1, 0.15) is 35.6 Å². The predicted octanol–water partition coefficient (Wildman–Crippen LogP) is 4.85. The summed E-state index contributed by atoms with van der Waals surface area (Å²) in [6.45, 7) is 6.96. The fraction of sp³-hybridized carbons (Fsp3) is 0.333. The Morgan fingerprint density at radius 3 is 2.58 bits per heavy atom. The minimum atomic E-state index is 0.122. The Morgan fingerprint density at radius 1 is 1.32 bits per heavy atom. The molecule has 102 valence electrons. The molecule has 0 aliphatic carbocycles. The van der Waals surface area contributed by atoms with Crippen molar-refractivity contribution in [3.05, 3.63) is 55.5 Å². The lowest BCUT2D eigenvalue weighted by molar-refractivity contribution is 0.495. The van der Waals surface area contributed by atoms with Gasteiger partial charge in [-0.15, -0.1) is 0 Å². The molecule has 1 aromatic carbocycles. The van der Waals surface area contributed by atoms with Crippen LogP contribution in [-0.2, 0) is 0 Å². The second kappa shape index (κ2) is 6.29. The van der Waals surface area contributed by atoms with Gasteiger partial charge in [0.15, 0.2) is 0 Å². The highest BCUT2D eigenvalue weighted by Gasteiger charge is 2.19. The Bertz CT molecular complexity index is 580. The van der Waals surface area contributed by atoms with Gasteiger partial charge in [0.05, 0.1) is 11.1 Å². The van der Waals surface area contributed by atoms with E-state index < -0.39 is 0 Å². The van der Waals surface area contributed by atoms with E-state index in [0.717, 1.165) is 32.2 Å². The molecular formula is C15H17ClINO. The lowest BCUT2D eigenvalue weighted by Crippen LogP contribution is -2.22. The highest BCUT2D eigenvalue weighted by Crippen LogP contribution is 2.30. The molecule has 0 spiro atoms. The largest absolute Gasteiger partial charge is 0.466 e. The Hall–Kier alpha value is -0.520. The maximum Gasteiger partial charge on any atom is 0.106 e. The van der Waals surface area contributed by atoms with Gasteiger partial charge in [0.25, 0.3) is 0 Å². The second-order valence-corrected chi connectivity index (χ2v) is 6.10. The van der Waals surface area contributed by atoms with Crippen molar-refractivity contribution in [3.63, 3.8) is 0 Å². The average molecular weight is 390 g/mol. The minimum absolute atomic E-state index is 0.122. The molecule has 1 N–H and O–H groups in total. The first kappa shape index (κ1) is 14.9. The van der Waals surface area contributed by atoms with Crippen LogP contribution in [-0.4, -0.2) is 6.54 Å². The third-order valence-corrected chi connectivity index (χ3v) is 4.65. The van der Waals surface area contributed by atoms with Crippen LogP contribution < -0.4 is 5.32 Å². The van der Waals surface area contributed by atoms with Crippen molar-refractivity contribution in [2.24, 2.45) is 0 Å². The van der Waals surface area contributed by atoms with Gasteiger partial charge in [0.2, 0.25) is 0 Å². The predicted molar refractivity (Wildman–Crippen MR) is 87.9 cm³/mol. The maximum absolute atomic E-state index is 6.23. The third-order valence-electron chi connectivity index (χ3n) is 3.08. The molecule has 0 amide bonds. The number of nitrogens with one attached hydrogen (secondary N) is 1. The molecule has 0 radical (unpaired) electrons. The quantitative estimate of drug-likeness (QED) is 0.756. The highest BCUT2D eigenvalue weighted by molar-refractivity contribution is 14.1. The van der Waals surface area contributed by atoms with Crippen LogP contribution in [0.5, 0.6) is 0 Å². The molecule has 0 aliphatic heterocycles. The summed E-state index contributed by atoms with van der Waals surface area (Å²) in [6, 6.07) is 8.40. The Balaban J connectivity index is 2.44. The molecule has 0 aliphatic rings. The standard InChI is InChI=1S/C15H17ClINO/c1-4-18-15(12-7-9(2)19-10(12)3)11-5-6-14(17)13(16)8-11/h5-8,15,18H,4H2,1-3H3. The van der Waals surface area contributed by atoms with E-state index in [0.29, 0.717) is 0 Å². The Labute approximate surface area is 132 Å². The zero-order valence-electron chi connectivity index (χ0n) is 11.3. The normalized spacial score (nSPS) is 12.7. The molecule has 4 heteroatoms. The van der Waals surface area contributed by atoms with E-state index in [-0.39, 0.29) is 6.04 Å². The minimum Gasteiger partial charge on any atom is -0.466 e. The summed E-state index contributed by atoms with van der Waals surface area (Å²) >= 11 is 8.47. The highest BCUT2D eigenvalue weighted by atomic mass is 127. The average Bonchev–Trinajstić information content (AvgIpc) is 2.69. The zero-order chi connectivity index (χ0) is 14.0. The Kier molecular flexibility index (Phi) is 4.92. The lowest BCUT2D eigenvalue weighted by atomic mass is 9.99. The summed E-state index contributed by atoms with van der Waals surface area (Å²) in [5, 5.41) is 4.29. The molecule has 19 heavy (non-hydrogen) atoms. The number of furan rings is 1. The summed E-state index contributed by atoms with van der Waals surface area (Å²) < 4.78 is 6.71. The topological polar surface area (TPSA) is 25.2 Å². The van der Waals surface area contributed by atoms with Gasteiger partial charge in [0, 0.05) is 9.13 Å². The van der Waals surface area contributed by atoms with Crippen molar-refractivity contribution in [3.8, 4) is 0 Å². The monoisotopic (exact) mass is 389 g/mol. The Morgan fingerprint density at radius 2 is 2.05 bits per heavy atom. The molecule has 1 aromatic heterocycles. The first-order valence-electron chi connectivity index (χ1n) is 6.28. The maximum atomic E-state index is 6.23. The first-order valence-corrected chi connectivity index (χ1v) is 7.73. The number of halogens is 2. The summed E-state index contributed by atoms with van der Waals surface area (Å²) in [5.74, 6) is 1.89. The van der Waals surface area contributed by atoms with Crippen LogP contribution in [0.3, 0.4) is 0 Å². The van der Waals surface area contributed by atoms with Crippen LogP contribution >= 0.6 is 34.2 Å². The van der Waals surface area contributed by atoms with Gasteiger partial charge in [-0.2, -0.15) is 0 Å². The van der Waals surface area contributed by atoms with E-state index >= 15 is 0 Å². The molecule has 1 unspecified atom stereocenters. The van der Waals surface area contributed by atoms with Crippen molar-refractivity contribution in [2.45, 2.75) is 26.8 Å². The van der Waals surface area contributed by atoms with Crippen LogP contribution in [0, 0.1) is 17.4 Å². The number of aryl methyl sites for hydroxylation is 2. The smallest absolute Gasteiger partial charge is 0.106 e. The van der Waals surface area contributed by atoms with E-state index in [2.05, 4.69) is 47.0 Å². The van der Waals surface area contributed by atoms with E-state index in [1.165, 1.54) is 5.56 Å². The number of hydrogen-bond donors (Lipinski definition) is 1. The van der Waals surface area contributed by atoms with Gasteiger partial charge in [-0.05, 0) is 66.7 Å². The van der Waals surface area contributed by atoms with E-state index in [1.54, 1.807) is 0 Å². The van der Waals surface area contributed by atoms with Gasteiger partial charge in [-0.1, -0.05) is 24.6 Å².